The van der Waals surface area contributed by atoms with Crippen molar-refractivity contribution in [2.75, 3.05) is 26.2 Å². The van der Waals surface area contributed by atoms with E-state index in [0.717, 1.165) is 49.4 Å². The van der Waals surface area contributed by atoms with Crippen LogP contribution in [-0.4, -0.2) is 36.1 Å². The second-order valence-electron chi connectivity index (χ2n) is 5.34. The Hall–Kier alpha value is -0.870. The predicted octanol–water partition coefficient (Wildman–Crippen LogP) is 2.11. The number of nitrogens with zero attached hydrogens (tertiary/aromatic N) is 2. The molecule has 1 aromatic heterocycles. The fraction of sp³-hybridized carbons (Fsp3) is 0.786. The molecule has 1 N–H and O–H groups in total. The molecule has 4 heteroatoms. The lowest BCUT2D eigenvalue weighted by molar-refractivity contribution is 0.276. The van der Waals surface area contributed by atoms with Gasteiger partial charge >= 0.3 is 0 Å². The van der Waals surface area contributed by atoms with E-state index in [4.69, 9.17) is 4.42 Å². The molecule has 1 aliphatic rings. The Morgan fingerprint density at radius 1 is 1.44 bits per heavy atom. The lowest BCUT2D eigenvalue weighted by atomic mass is 10.1. The van der Waals surface area contributed by atoms with Crippen LogP contribution in [0.4, 0.5) is 0 Å². The number of aryl methyl sites for hydroxylation is 2. The van der Waals surface area contributed by atoms with E-state index < -0.39 is 0 Å². The molecular weight excluding hydrogens is 226 g/mol. The summed E-state index contributed by atoms with van der Waals surface area (Å²) in [5, 5.41) is 3.51. The molecule has 0 spiro atoms. The number of nitrogens with one attached hydrogen (secondary N) is 1. The normalized spacial score (nSPS) is 20.7. The number of likely N-dealkylation sites (tertiary alicyclic amines) is 1. The van der Waals surface area contributed by atoms with Crippen LogP contribution in [0, 0.1) is 19.8 Å². The highest BCUT2D eigenvalue weighted by atomic mass is 16.4. The second kappa shape index (κ2) is 6.34. The summed E-state index contributed by atoms with van der Waals surface area (Å²) in [7, 11) is 0. The lowest BCUT2D eigenvalue weighted by Gasteiger charge is -2.14. The molecule has 0 saturated carbocycles. The van der Waals surface area contributed by atoms with Crippen LogP contribution >= 0.6 is 0 Å². The molecule has 0 radical (unpaired) electrons. The summed E-state index contributed by atoms with van der Waals surface area (Å²) in [6, 6.07) is 0. The van der Waals surface area contributed by atoms with Gasteiger partial charge in [0.2, 0.25) is 5.89 Å². The lowest BCUT2D eigenvalue weighted by Crippen LogP contribution is -2.26. The largest absolute Gasteiger partial charge is 0.444 e. The highest BCUT2D eigenvalue weighted by Gasteiger charge is 2.23. The first-order chi connectivity index (χ1) is 8.69. The van der Waals surface area contributed by atoms with Gasteiger partial charge in [0, 0.05) is 6.54 Å². The Kier molecular flexibility index (Phi) is 4.78. The van der Waals surface area contributed by atoms with Gasteiger partial charge in [0.15, 0.2) is 0 Å². The summed E-state index contributed by atoms with van der Waals surface area (Å²) < 4.78 is 5.64. The third-order valence-electron chi connectivity index (χ3n) is 3.66. The maximum atomic E-state index is 5.64. The standard InChI is InChI=1S/C14H25N3O/c1-4-6-15-8-13-5-7-17(9-13)10-14-16-11(2)12(3)18-14/h13,15H,4-10H2,1-3H3. The number of hydrogen-bond donors (Lipinski definition) is 1. The van der Waals surface area contributed by atoms with Crippen molar-refractivity contribution in [2.45, 2.75) is 40.2 Å². The quantitative estimate of drug-likeness (QED) is 0.786. The molecule has 4 nitrogen and oxygen atoms in total. The average Bonchev–Trinajstić information content (AvgIpc) is 2.88. The van der Waals surface area contributed by atoms with Crippen molar-refractivity contribution in [1.82, 2.24) is 15.2 Å². The number of aromatic nitrogens is 1. The van der Waals surface area contributed by atoms with E-state index in [2.05, 4.69) is 22.1 Å². The first kappa shape index (κ1) is 13.6. The molecule has 0 aromatic carbocycles. The van der Waals surface area contributed by atoms with Crippen LogP contribution in [0.1, 0.15) is 37.1 Å². The van der Waals surface area contributed by atoms with E-state index in [9.17, 15) is 0 Å². The topological polar surface area (TPSA) is 41.3 Å². The Bertz CT molecular complexity index is 356. The molecule has 2 heterocycles. The Labute approximate surface area is 110 Å². The average molecular weight is 251 g/mol. The van der Waals surface area contributed by atoms with Gasteiger partial charge < -0.3 is 9.73 Å². The van der Waals surface area contributed by atoms with Crippen LogP contribution in [0.15, 0.2) is 4.42 Å². The second-order valence-corrected chi connectivity index (χ2v) is 5.34. The van der Waals surface area contributed by atoms with Crippen molar-refractivity contribution in [2.24, 2.45) is 5.92 Å². The van der Waals surface area contributed by atoms with Crippen LogP contribution in [0.3, 0.4) is 0 Å². The Morgan fingerprint density at radius 2 is 2.28 bits per heavy atom. The summed E-state index contributed by atoms with van der Waals surface area (Å²) >= 11 is 0. The number of hydrogen-bond acceptors (Lipinski definition) is 4. The Balaban J connectivity index is 1.75. The zero-order valence-electron chi connectivity index (χ0n) is 11.8. The fourth-order valence-corrected chi connectivity index (χ4v) is 2.50. The van der Waals surface area contributed by atoms with Crippen molar-refractivity contribution < 1.29 is 4.42 Å². The molecular formula is C14H25N3O. The summed E-state index contributed by atoms with van der Waals surface area (Å²) in [4.78, 5) is 6.90. The highest BCUT2D eigenvalue weighted by Crippen LogP contribution is 2.18. The molecule has 1 aromatic rings. The Morgan fingerprint density at radius 3 is 2.94 bits per heavy atom. The van der Waals surface area contributed by atoms with Gasteiger partial charge in [0.25, 0.3) is 0 Å². The van der Waals surface area contributed by atoms with E-state index in [-0.39, 0.29) is 0 Å². The molecule has 1 atom stereocenters. The summed E-state index contributed by atoms with van der Waals surface area (Å²) in [5.74, 6) is 2.60. The minimum Gasteiger partial charge on any atom is -0.444 e. The smallest absolute Gasteiger partial charge is 0.208 e. The molecule has 1 saturated heterocycles. The highest BCUT2D eigenvalue weighted by molar-refractivity contribution is 5.05. The molecule has 0 bridgehead atoms. The summed E-state index contributed by atoms with van der Waals surface area (Å²) in [5.41, 5.74) is 1.02. The van der Waals surface area contributed by atoms with E-state index in [1.165, 1.54) is 19.4 Å². The van der Waals surface area contributed by atoms with Crippen LogP contribution < -0.4 is 5.32 Å². The van der Waals surface area contributed by atoms with Crippen molar-refractivity contribution in [3.63, 3.8) is 0 Å². The molecule has 18 heavy (non-hydrogen) atoms. The zero-order chi connectivity index (χ0) is 13.0. The van der Waals surface area contributed by atoms with Crippen LogP contribution in [-0.2, 0) is 6.54 Å². The number of rotatable bonds is 6. The third-order valence-corrected chi connectivity index (χ3v) is 3.66. The van der Waals surface area contributed by atoms with Gasteiger partial charge in [-0.1, -0.05) is 6.92 Å². The van der Waals surface area contributed by atoms with E-state index in [1.807, 2.05) is 13.8 Å². The van der Waals surface area contributed by atoms with Crippen LogP contribution in [0.2, 0.25) is 0 Å². The van der Waals surface area contributed by atoms with Gasteiger partial charge in [-0.15, -0.1) is 0 Å². The fourth-order valence-electron chi connectivity index (χ4n) is 2.50. The van der Waals surface area contributed by atoms with Gasteiger partial charge in [-0.25, -0.2) is 4.98 Å². The first-order valence-electron chi connectivity index (χ1n) is 7.05. The van der Waals surface area contributed by atoms with Crippen LogP contribution in [0.5, 0.6) is 0 Å². The maximum absolute atomic E-state index is 5.64. The van der Waals surface area contributed by atoms with Crippen molar-refractivity contribution in [3.05, 3.63) is 17.3 Å². The minimum absolute atomic E-state index is 0.786. The molecule has 2 rings (SSSR count). The zero-order valence-corrected chi connectivity index (χ0v) is 11.8. The molecule has 1 fully saturated rings. The first-order valence-corrected chi connectivity index (χ1v) is 7.05. The van der Waals surface area contributed by atoms with Gasteiger partial charge in [-0.2, -0.15) is 0 Å². The van der Waals surface area contributed by atoms with Crippen molar-refractivity contribution in [1.29, 1.82) is 0 Å². The van der Waals surface area contributed by atoms with E-state index >= 15 is 0 Å². The maximum Gasteiger partial charge on any atom is 0.208 e. The number of oxazole rings is 1. The predicted molar refractivity (Wildman–Crippen MR) is 72.5 cm³/mol. The van der Waals surface area contributed by atoms with Gasteiger partial charge in [-0.3, -0.25) is 4.90 Å². The summed E-state index contributed by atoms with van der Waals surface area (Å²) in [6.45, 7) is 11.7. The van der Waals surface area contributed by atoms with Crippen molar-refractivity contribution in [3.8, 4) is 0 Å². The SMILES string of the molecule is CCCNCC1CCN(Cc2nc(C)c(C)o2)C1. The van der Waals surface area contributed by atoms with E-state index in [1.54, 1.807) is 0 Å². The molecule has 0 aliphatic carbocycles. The molecule has 1 unspecified atom stereocenters. The van der Waals surface area contributed by atoms with E-state index in [0.29, 0.717) is 0 Å². The summed E-state index contributed by atoms with van der Waals surface area (Å²) in [6.07, 6.45) is 2.50. The van der Waals surface area contributed by atoms with Gasteiger partial charge in [-0.05, 0) is 52.2 Å². The molecule has 102 valence electrons. The van der Waals surface area contributed by atoms with Crippen LogP contribution in [0.25, 0.3) is 0 Å². The van der Waals surface area contributed by atoms with Crippen molar-refractivity contribution >= 4 is 0 Å². The van der Waals surface area contributed by atoms with Gasteiger partial charge in [0.1, 0.15) is 5.76 Å². The molecule has 0 amide bonds. The monoisotopic (exact) mass is 251 g/mol. The molecule has 1 aliphatic heterocycles. The van der Waals surface area contributed by atoms with Gasteiger partial charge in [0.05, 0.1) is 12.2 Å². The third kappa shape index (κ3) is 3.56. The minimum atomic E-state index is 0.786.